The van der Waals surface area contributed by atoms with Gasteiger partial charge in [0.05, 0.1) is 7.11 Å². The number of alkyl carbamates (subject to hydrolysis) is 1. The molecule has 2 aromatic rings. The fraction of sp³-hybridized carbons (Fsp3) is 0.158. The van der Waals surface area contributed by atoms with Crippen molar-refractivity contribution in [2.75, 3.05) is 13.7 Å². The molecule has 0 aliphatic rings. The van der Waals surface area contributed by atoms with E-state index in [1.807, 2.05) is 30.3 Å². The largest absolute Gasteiger partial charge is 0.465 e. The molecule has 2 aromatic carbocycles. The Morgan fingerprint density at radius 1 is 1.12 bits per heavy atom. The second kappa shape index (κ2) is 9.31. The van der Waals surface area contributed by atoms with Crippen LogP contribution in [-0.4, -0.2) is 25.7 Å². The maximum Gasteiger partial charge on any atom is 0.407 e. The summed E-state index contributed by atoms with van der Waals surface area (Å²) in [6.07, 6.45) is 2.29. The third kappa shape index (κ3) is 5.41. The molecule has 1 N–H and O–H groups in total. The van der Waals surface area contributed by atoms with Crippen LogP contribution >= 0.6 is 0 Å². The Labute approximate surface area is 149 Å². The number of esters is 1. The van der Waals surface area contributed by atoms with Crippen LogP contribution in [0.2, 0.25) is 0 Å². The number of methoxy groups -OCH3 is 1. The Kier molecular flexibility index (Phi) is 6.84. The third-order valence-electron chi connectivity index (χ3n) is 3.34. The van der Waals surface area contributed by atoms with E-state index >= 15 is 0 Å². The summed E-state index contributed by atoms with van der Waals surface area (Å²) >= 11 is 0. The summed E-state index contributed by atoms with van der Waals surface area (Å²) in [4.78, 5) is 22.8. The highest BCUT2D eigenvalue weighted by molar-refractivity contribution is 5.90. The number of hydrogen-bond acceptors (Lipinski definition) is 4. The molecule has 136 valence electrons. The van der Waals surface area contributed by atoms with Gasteiger partial charge in [-0.15, -0.1) is 0 Å². The molecular weight excluding hydrogens is 344 g/mol. The number of ether oxygens (including phenoxy) is 2. The Balaban J connectivity index is 1.84. The van der Waals surface area contributed by atoms with Crippen molar-refractivity contribution in [3.05, 3.63) is 76.9 Å². The summed E-state index contributed by atoms with van der Waals surface area (Å²) in [5.41, 5.74) is 0.314. The molecule has 1 amide bonds. The van der Waals surface area contributed by atoms with Crippen molar-refractivity contribution in [1.82, 2.24) is 5.32 Å². The zero-order valence-corrected chi connectivity index (χ0v) is 14.0. The van der Waals surface area contributed by atoms with Gasteiger partial charge in [-0.3, -0.25) is 0 Å². The van der Waals surface area contributed by atoms with Crippen LogP contribution in [0.5, 0.6) is 0 Å². The molecule has 5 nitrogen and oxygen atoms in total. The van der Waals surface area contributed by atoms with E-state index in [0.29, 0.717) is 0 Å². The minimum Gasteiger partial charge on any atom is -0.465 e. The monoisotopic (exact) mass is 361 g/mol. The molecule has 0 fully saturated rings. The van der Waals surface area contributed by atoms with Crippen molar-refractivity contribution in [2.45, 2.75) is 6.61 Å². The van der Waals surface area contributed by atoms with Crippen molar-refractivity contribution in [2.24, 2.45) is 0 Å². The van der Waals surface area contributed by atoms with E-state index in [9.17, 15) is 18.4 Å². The molecule has 0 radical (unpaired) electrons. The zero-order valence-electron chi connectivity index (χ0n) is 14.0. The topological polar surface area (TPSA) is 64.6 Å². The minimum atomic E-state index is -1.08. The molecule has 0 aliphatic heterocycles. The summed E-state index contributed by atoms with van der Waals surface area (Å²) in [5.74, 6) is -3.13. The number of carbonyl (C=O) groups excluding carboxylic acids is 2. The van der Waals surface area contributed by atoms with Crippen LogP contribution in [0, 0.1) is 11.6 Å². The number of hydrogen-bond donors (Lipinski definition) is 1. The molecule has 26 heavy (non-hydrogen) atoms. The number of benzene rings is 2. The van der Waals surface area contributed by atoms with Gasteiger partial charge in [0.2, 0.25) is 0 Å². The van der Waals surface area contributed by atoms with Crippen LogP contribution in [0.4, 0.5) is 13.6 Å². The average Bonchev–Trinajstić information content (AvgIpc) is 2.63. The lowest BCUT2D eigenvalue weighted by atomic mass is 10.1. The molecule has 0 saturated heterocycles. The van der Waals surface area contributed by atoms with Crippen molar-refractivity contribution in [3.8, 4) is 0 Å². The van der Waals surface area contributed by atoms with Crippen molar-refractivity contribution in [3.63, 3.8) is 0 Å². The van der Waals surface area contributed by atoms with Gasteiger partial charge in [0.15, 0.2) is 0 Å². The second-order valence-electron chi connectivity index (χ2n) is 5.20. The van der Waals surface area contributed by atoms with E-state index in [4.69, 9.17) is 4.74 Å². The molecule has 0 bridgehead atoms. The molecule has 0 heterocycles. The predicted octanol–water partition coefficient (Wildman–Crippen LogP) is 3.69. The van der Waals surface area contributed by atoms with E-state index < -0.39 is 29.3 Å². The Bertz CT molecular complexity index is 783. The number of halogens is 2. The molecule has 0 saturated carbocycles. The molecule has 7 heteroatoms. The van der Waals surface area contributed by atoms with E-state index in [1.165, 1.54) is 12.2 Å². The molecular formula is C19H17F2NO4. The SMILES string of the molecule is COC(=O)c1c(F)cc(C=CCNC(=O)OCc2ccccc2)cc1F. The first-order chi connectivity index (χ1) is 12.5. The fourth-order valence-corrected chi connectivity index (χ4v) is 2.10. The number of amides is 1. The van der Waals surface area contributed by atoms with Gasteiger partial charge in [0, 0.05) is 6.54 Å². The van der Waals surface area contributed by atoms with Crippen LogP contribution in [-0.2, 0) is 16.1 Å². The van der Waals surface area contributed by atoms with E-state index in [1.54, 1.807) is 0 Å². The van der Waals surface area contributed by atoms with Crippen LogP contribution < -0.4 is 5.32 Å². The van der Waals surface area contributed by atoms with Crippen LogP contribution in [0.25, 0.3) is 6.08 Å². The van der Waals surface area contributed by atoms with Gasteiger partial charge < -0.3 is 14.8 Å². The summed E-state index contributed by atoms with van der Waals surface area (Å²) in [6, 6.07) is 11.2. The molecule has 0 unspecified atom stereocenters. The van der Waals surface area contributed by atoms with Gasteiger partial charge >= 0.3 is 12.1 Å². The summed E-state index contributed by atoms with van der Waals surface area (Å²) in [7, 11) is 1.04. The van der Waals surface area contributed by atoms with Crippen LogP contribution in [0.1, 0.15) is 21.5 Å². The van der Waals surface area contributed by atoms with E-state index in [0.717, 1.165) is 24.8 Å². The Hall–Kier alpha value is -3.22. The highest BCUT2D eigenvalue weighted by Gasteiger charge is 2.18. The highest BCUT2D eigenvalue weighted by Crippen LogP contribution is 2.17. The lowest BCUT2D eigenvalue weighted by Crippen LogP contribution is -2.24. The zero-order chi connectivity index (χ0) is 18.9. The van der Waals surface area contributed by atoms with Gasteiger partial charge in [-0.25, -0.2) is 18.4 Å². The summed E-state index contributed by atoms with van der Waals surface area (Å²) < 4.78 is 36.9. The summed E-state index contributed by atoms with van der Waals surface area (Å²) in [5, 5.41) is 2.48. The lowest BCUT2D eigenvalue weighted by molar-refractivity contribution is 0.0589. The number of nitrogens with one attached hydrogen (secondary N) is 1. The Morgan fingerprint density at radius 2 is 1.77 bits per heavy atom. The third-order valence-corrected chi connectivity index (χ3v) is 3.34. The highest BCUT2D eigenvalue weighted by atomic mass is 19.1. The molecule has 0 aromatic heterocycles. The average molecular weight is 361 g/mol. The second-order valence-corrected chi connectivity index (χ2v) is 5.20. The van der Waals surface area contributed by atoms with Gasteiger partial charge in [0.25, 0.3) is 0 Å². The summed E-state index contributed by atoms with van der Waals surface area (Å²) in [6.45, 7) is 0.247. The lowest BCUT2D eigenvalue weighted by Gasteiger charge is -2.06. The van der Waals surface area contributed by atoms with Crippen LogP contribution in [0.15, 0.2) is 48.5 Å². The van der Waals surface area contributed by atoms with Crippen molar-refractivity contribution in [1.29, 1.82) is 0 Å². The van der Waals surface area contributed by atoms with Gasteiger partial charge in [-0.05, 0) is 23.3 Å². The number of carbonyl (C=O) groups is 2. The first-order valence-electron chi connectivity index (χ1n) is 7.69. The predicted molar refractivity (Wildman–Crippen MR) is 91.4 cm³/mol. The number of rotatable bonds is 6. The molecule has 2 rings (SSSR count). The van der Waals surface area contributed by atoms with Crippen molar-refractivity contribution >= 4 is 18.1 Å². The van der Waals surface area contributed by atoms with Gasteiger partial charge in [-0.1, -0.05) is 42.5 Å². The Morgan fingerprint density at radius 3 is 2.38 bits per heavy atom. The minimum absolute atomic E-state index is 0.107. The fourth-order valence-electron chi connectivity index (χ4n) is 2.10. The molecule has 0 atom stereocenters. The van der Waals surface area contributed by atoms with Gasteiger partial charge in [-0.2, -0.15) is 0 Å². The molecule has 0 spiro atoms. The standard InChI is InChI=1S/C19H17F2NO4/c1-25-18(23)17-15(20)10-14(11-16(17)21)8-5-9-22-19(24)26-12-13-6-3-2-4-7-13/h2-8,10-11H,9,12H2,1H3,(H,22,24). The maximum absolute atomic E-state index is 13.8. The first kappa shape index (κ1) is 19.1. The normalized spacial score (nSPS) is 10.6. The first-order valence-corrected chi connectivity index (χ1v) is 7.69. The van der Waals surface area contributed by atoms with Crippen LogP contribution in [0.3, 0.4) is 0 Å². The molecule has 0 aliphatic carbocycles. The quantitative estimate of drug-likeness (QED) is 0.797. The van der Waals surface area contributed by atoms with Crippen molar-refractivity contribution < 1.29 is 27.8 Å². The smallest absolute Gasteiger partial charge is 0.407 e. The maximum atomic E-state index is 13.8. The van der Waals surface area contributed by atoms with E-state index in [2.05, 4.69) is 10.1 Å². The van der Waals surface area contributed by atoms with E-state index in [-0.39, 0.29) is 18.7 Å². The van der Waals surface area contributed by atoms with Gasteiger partial charge in [0.1, 0.15) is 23.8 Å².